The molecule has 0 aliphatic carbocycles. The van der Waals surface area contributed by atoms with Crippen molar-refractivity contribution in [3.8, 4) is 0 Å². The molecule has 1 rings (SSSR count). The summed E-state index contributed by atoms with van der Waals surface area (Å²) in [7, 11) is 0. The Labute approximate surface area is 93.4 Å². The molecule has 0 saturated heterocycles. The Morgan fingerprint density at radius 2 is 2.00 bits per heavy atom. The summed E-state index contributed by atoms with van der Waals surface area (Å²) in [6, 6.07) is 4.70. The molecular formula is C10H8BrF3O. The second-order valence-electron chi connectivity index (χ2n) is 3.18. The van der Waals surface area contributed by atoms with E-state index in [1.54, 1.807) is 19.1 Å². The first-order valence-corrected chi connectivity index (χ1v) is 4.95. The third kappa shape index (κ3) is 3.34. The number of aryl methyl sites for hydroxylation is 1. The van der Waals surface area contributed by atoms with E-state index in [2.05, 4.69) is 15.9 Å². The highest BCUT2D eigenvalue weighted by Gasteiger charge is 2.37. The lowest BCUT2D eigenvalue weighted by molar-refractivity contribution is -0.170. The maximum Gasteiger partial charge on any atom is 0.450 e. The molecule has 0 aliphatic heterocycles. The summed E-state index contributed by atoms with van der Waals surface area (Å²) in [6.07, 6.45) is -5.35. The van der Waals surface area contributed by atoms with Gasteiger partial charge in [-0.2, -0.15) is 13.2 Å². The Balaban J connectivity index is 2.83. The number of benzene rings is 1. The van der Waals surface area contributed by atoms with Gasteiger partial charge in [-0.25, -0.2) is 0 Å². The van der Waals surface area contributed by atoms with Crippen LogP contribution in [-0.4, -0.2) is 12.0 Å². The fourth-order valence-corrected chi connectivity index (χ4v) is 1.35. The van der Waals surface area contributed by atoms with Crippen LogP contribution in [0.4, 0.5) is 13.2 Å². The Kier molecular flexibility index (Phi) is 3.54. The zero-order chi connectivity index (χ0) is 11.6. The number of carbonyl (C=O) groups excluding carboxylic acids is 1. The van der Waals surface area contributed by atoms with Crippen molar-refractivity contribution in [3.05, 3.63) is 33.8 Å². The molecule has 0 aromatic heterocycles. The summed E-state index contributed by atoms with van der Waals surface area (Å²) in [5.41, 5.74) is 1.18. The Morgan fingerprint density at radius 1 is 1.40 bits per heavy atom. The molecule has 1 aromatic rings. The molecule has 0 atom stereocenters. The fraction of sp³-hybridized carbons (Fsp3) is 0.300. The van der Waals surface area contributed by atoms with Crippen LogP contribution in [0.3, 0.4) is 0 Å². The maximum atomic E-state index is 12.0. The lowest BCUT2D eigenvalue weighted by Gasteiger charge is -2.06. The Bertz CT molecular complexity index is 385. The van der Waals surface area contributed by atoms with Crippen molar-refractivity contribution < 1.29 is 18.0 Å². The van der Waals surface area contributed by atoms with Crippen LogP contribution < -0.4 is 0 Å². The summed E-state index contributed by atoms with van der Waals surface area (Å²) >= 11 is 3.23. The highest BCUT2D eigenvalue weighted by Crippen LogP contribution is 2.21. The number of hydrogen-bond acceptors (Lipinski definition) is 1. The van der Waals surface area contributed by atoms with E-state index in [1.807, 2.05) is 0 Å². The lowest BCUT2D eigenvalue weighted by atomic mass is 10.1. The highest BCUT2D eigenvalue weighted by molar-refractivity contribution is 9.10. The van der Waals surface area contributed by atoms with Crippen LogP contribution in [0.2, 0.25) is 0 Å². The predicted octanol–water partition coefficient (Wildman–Crippen LogP) is 3.43. The molecule has 0 saturated carbocycles. The van der Waals surface area contributed by atoms with Crippen molar-refractivity contribution in [2.45, 2.75) is 19.5 Å². The van der Waals surface area contributed by atoms with Crippen LogP contribution >= 0.6 is 15.9 Å². The number of Topliss-reactive ketones (excluding diaryl/α,β-unsaturated/α-hetero) is 1. The molecule has 0 heterocycles. The number of rotatable bonds is 2. The van der Waals surface area contributed by atoms with Crippen LogP contribution in [0.5, 0.6) is 0 Å². The van der Waals surface area contributed by atoms with Gasteiger partial charge in [-0.05, 0) is 24.1 Å². The van der Waals surface area contributed by atoms with E-state index < -0.39 is 18.4 Å². The minimum absolute atomic E-state index is 0.373. The molecular weight excluding hydrogens is 273 g/mol. The molecule has 0 radical (unpaired) electrons. The standard InChI is InChI=1S/C10H8BrF3O/c1-6-4-7(2-3-8(6)11)5-9(15)10(12,13)14/h2-4H,5H2,1H3. The number of hydrogen-bond donors (Lipinski definition) is 0. The van der Waals surface area contributed by atoms with E-state index in [4.69, 9.17) is 0 Å². The molecule has 0 N–H and O–H groups in total. The summed E-state index contributed by atoms with van der Waals surface area (Å²) in [5.74, 6) is -1.72. The molecule has 1 nitrogen and oxygen atoms in total. The largest absolute Gasteiger partial charge is 0.450 e. The maximum absolute atomic E-state index is 12.0. The first kappa shape index (κ1) is 12.2. The molecule has 82 valence electrons. The zero-order valence-electron chi connectivity index (χ0n) is 7.86. The second kappa shape index (κ2) is 4.35. The van der Waals surface area contributed by atoms with Crippen molar-refractivity contribution in [2.75, 3.05) is 0 Å². The number of carbonyl (C=O) groups is 1. The van der Waals surface area contributed by atoms with E-state index in [9.17, 15) is 18.0 Å². The molecule has 1 aromatic carbocycles. The molecule has 5 heteroatoms. The first-order valence-electron chi connectivity index (χ1n) is 4.16. The normalized spacial score (nSPS) is 11.5. The van der Waals surface area contributed by atoms with Gasteiger partial charge in [-0.3, -0.25) is 4.79 Å². The van der Waals surface area contributed by atoms with Crippen LogP contribution in [0.15, 0.2) is 22.7 Å². The fourth-order valence-electron chi connectivity index (χ4n) is 1.10. The van der Waals surface area contributed by atoms with Gasteiger partial charge in [-0.15, -0.1) is 0 Å². The Morgan fingerprint density at radius 3 is 2.47 bits per heavy atom. The van der Waals surface area contributed by atoms with E-state index in [1.165, 1.54) is 6.07 Å². The van der Waals surface area contributed by atoms with Gasteiger partial charge < -0.3 is 0 Å². The average Bonchev–Trinajstić information content (AvgIpc) is 2.10. The summed E-state index contributed by atoms with van der Waals surface area (Å²) < 4.78 is 36.7. The third-order valence-corrected chi connectivity index (χ3v) is 2.79. The molecule has 0 amide bonds. The third-order valence-electron chi connectivity index (χ3n) is 1.90. The number of alkyl halides is 3. The van der Waals surface area contributed by atoms with Crippen molar-refractivity contribution in [2.24, 2.45) is 0 Å². The van der Waals surface area contributed by atoms with Gasteiger partial charge in [0.25, 0.3) is 0 Å². The van der Waals surface area contributed by atoms with Gasteiger partial charge in [0, 0.05) is 10.9 Å². The first-order chi connectivity index (χ1) is 6.80. The van der Waals surface area contributed by atoms with Crippen LogP contribution in [-0.2, 0) is 11.2 Å². The molecule has 0 spiro atoms. The minimum Gasteiger partial charge on any atom is -0.289 e. The average molecular weight is 281 g/mol. The lowest BCUT2D eigenvalue weighted by Crippen LogP contribution is -2.24. The van der Waals surface area contributed by atoms with Crippen LogP contribution in [0.25, 0.3) is 0 Å². The molecule has 0 unspecified atom stereocenters. The quantitative estimate of drug-likeness (QED) is 0.811. The van der Waals surface area contributed by atoms with Crippen LogP contribution in [0.1, 0.15) is 11.1 Å². The topological polar surface area (TPSA) is 17.1 Å². The highest BCUT2D eigenvalue weighted by atomic mass is 79.9. The van der Waals surface area contributed by atoms with Crippen LogP contribution in [0, 0.1) is 6.92 Å². The van der Waals surface area contributed by atoms with Crippen molar-refractivity contribution in [1.29, 1.82) is 0 Å². The van der Waals surface area contributed by atoms with E-state index in [0.29, 0.717) is 5.56 Å². The van der Waals surface area contributed by atoms with E-state index in [-0.39, 0.29) is 0 Å². The summed E-state index contributed by atoms with van der Waals surface area (Å²) in [4.78, 5) is 10.7. The molecule has 0 fully saturated rings. The van der Waals surface area contributed by atoms with Gasteiger partial charge in [0.15, 0.2) is 0 Å². The van der Waals surface area contributed by atoms with Crippen molar-refractivity contribution >= 4 is 21.7 Å². The van der Waals surface area contributed by atoms with Crippen molar-refractivity contribution in [3.63, 3.8) is 0 Å². The SMILES string of the molecule is Cc1cc(CC(=O)C(F)(F)F)ccc1Br. The van der Waals surface area contributed by atoms with Crippen molar-refractivity contribution in [1.82, 2.24) is 0 Å². The minimum atomic E-state index is -4.75. The number of ketones is 1. The van der Waals surface area contributed by atoms with Gasteiger partial charge in [0.05, 0.1) is 0 Å². The van der Waals surface area contributed by atoms with Gasteiger partial charge in [-0.1, -0.05) is 28.1 Å². The number of halogens is 4. The summed E-state index contributed by atoms with van der Waals surface area (Å²) in [6.45, 7) is 1.76. The van der Waals surface area contributed by atoms with Gasteiger partial charge >= 0.3 is 6.18 Å². The predicted molar refractivity (Wildman–Crippen MR) is 53.6 cm³/mol. The second-order valence-corrected chi connectivity index (χ2v) is 4.04. The van der Waals surface area contributed by atoms with Gasteiger partial charge in [0.2, 0.25) is 5.78 Å². The Hall–Kier alpha value is -0.840. The molecule has 15 heavy (non-hydrogen) atoms. The monoisotopic (exact) mass is 280 g/mol. The summed E-state index contributed by atoms with van der Waals surface area (Å²) in [5, 5.41) is 0. The van der Waals surface area contributed by atoms with E-state index in [0.717, 1.165) is 10.0 Å². The smallest absolute Gasteiger partial charge is 0.289 e. The van der Waals surface area contributed by atoms with Gasteiger partial charge in [0.1, 0.15) is 0 Å². The molecule has 0 aliphatic rings. The molecule has 0 bridgehead atoms. The zero-order valence-corrected chi connectivity index (χ0v) is 9.45. The van der Waals surface area contributed by atoms with E-state index >= 15 is 0 Å².